The minimum Gasteiger partial charge on any atom is -0.507 e. The Morgan fingerprint density at radius 3 is 2.77 bits per heavy atom. The number of benzene rings is 2. The van der Waals surface area contributed by atoms with Crippen LogP contribution in [0, 0.1) is 25.7 Å². The van der Waals surface area contributed by atoms with Crippen LogP contribution in [0.15, 0.2) is 46.2 Å². The normalized spacial score (nSPS) is 20.8. The number of aromatic hydroxyl groups is 1. The van der Waals surface area contributed by atoms with E-state index in [0.717, 1.165) is 34.1 Å². The van der Waals surface area contributed by atoms with E-state index in [1.54, 1.807) is 11.8 Å². The van der Waals surface area contributed by atoms with Crippen molar-refractivity contribution in [3.05, 3.63) is 47.5 Å². The van der Waals surface area contributed by atoms with Crippen LogP contribution in [-0.4, -0.2) is 22.8 Å². The summed E-state index contributed by atoms with van der Waals surface area (Å²) in [5.41, 5.74) is 8.53. The van der Waals surface area contributed by atoms with Gasteiger partial charge in [-0.05, 0) is 49.4 Å². The summed E-state index contributed by atoms with van der Waals surface area (Å²) >= 11 is 3.57. The van der Waals surface area contributed by atoms with E-state index in [4.69, 9.17) is 10.5 Å². The molecule has 1 unspecified atom stereocenters. The van der Waals surface area contributed by atoms with Crippen molar-refractivity contribution in [2.24, 2.45) is 17.6 Å². The monoisotopic (exact) mass is 389 g/mol. The van der Waals surface area contributed by atoms with Gasteiger partial charge in [-0.25, -0.2) is 0 Å². The van der Waals surface area contributed by atoms with Gasteiger partial charge in [-0.2, -0.15) is 0 Å². The van der Waals surface area contributed by atoms with Gasteiger partial charge in [0.1, 0.15) is 11.5 Å². The zero-order valence-corrected chi connectivity index (χ0v) is 17.2. The maximum atomic E-state index is 10.2. The number of phenols is 1. The average molecular weight is 390 g/mol. The number of thioether (sulfide) groups is 2. The first-order valence-corrected chi connectivity index (χ1v) is 11.0. The number of para-hydroxylation sites is 1. The molecule has 0 fully saturated rings. The van der Waals surface area contributed by atoms with E-state index >= 15 is 0 Å². The molecule has 0 amide bonds. The Hall–Kier alpha value is -1.30. The van der Waals surface area contributed by atoms with Crippen LogP contribution < -0.4 is 10.5 Å². The van der Waals surface area contributed by atoms with Gasteiger partial charge in [0.05, 0.1) is 4.90 Å². The van der Waals surface area contributed by atoms with Crippen LogP contribution in [0.25, 0.3) is 0 Å². The van der Waals surface area contributed by atoms with Crippen molar-refractivity contribution in [3.63, 3.8) is 0 Å². The van der Waals surface area contributed by atoms with Gasteiger partial charge in [0, 0.05) is 22.3 Å². The van der Waals surface area contributed by atoms with Crippen LogP contribution in [-0.2, 0) is 0 Å². The maximum Gasteiger partial charge on any atom is 0.151 e. The summed E-state index contributed by atoms with van der Waals surface area (Å²) in [7, 11) is 0. The minimum atomic E-state index is -0.273. The van der Waals surface area contributed by atoms with Crippen molar-refractivity contribution in [2.75, 3.05) is 11.5 Å². The van der Waals surface area contributed by atoms with E-state index < -0.39 is 0 Å². The Kier molecular flexibility index (Phi) is 6.43. The smallest absolute Gasteiger partial charge is 0.151 e. The summed E-state index contributed by atoms with van der Waals surface area (Å²) in [5.74, 6) is 4.05. The van der Waals surface area contributed by atoms with Crippen LogP contribution in [0.4, 0.5) is 0 Å². The molecule has 1 heterocycles. The lowest BCUT2D eigenvalue weighted by Gasteiger charge is -2.24. The number of hydrogen-bond donors (Lipinski definition) is 2. The molecule has 3 N–H and O–H groups in total. The molecule has 3 nitrogen and oxygen atoms in total. The van der Waals surface area contributed by atoms with E-state index in [1.807, 2.05) is 49.0 Å². The molecule has 0 spiro atoms. The molecule has 0 radical (unpaired) electrons. The van der Waals surface area contributed by atoms with Crippen LogP contribution in [0.3, 0.4) is 0 Å². The molecule has 0 aliphatic carbocycles. The highest BCUT2D eigenvalue weighted by molar-refractivity contribution is 7.99. The predicted octanol–water partition coefficient (Wildman–Crippen LogP) is 5.21. The third kappa shape index (κ3) is 4.51. The van der Waals surface area contributed by atoms with Gasteiger partial charge in [-0.3, -0.25) is 5.73 Å². The Morgan fingerprint density at radius 1 is 1.23 bits per heavy atom. The molecular weight excluding hydrogens is 362 g/mol. The molecule has 3 rings (SSSR count). The van der Waals surface area contributed by atoms with Gasteiger partial charge in [0.2, 0.25) is 0 Å². The second kappa shape index (κ2) is 8.59. The van der Waals surface area contributed by atoms with Crippen LogP contribution >= 0.6 is 23.5 Å². The molecule has 1 aliphatic heterocycles. The van der Waals surface area contributed by atoms with Gasteiger partial charge < -0.3 is 9.84 Å². The lowest BCUT2D eigenvalue weighted by atomic mass is 9.97. The SMILES string of the molecule is Cc1cccc(SC[C@@H](C)C[C@H]2CSc3c(C)cccc3OC2N)c1O. The molecule has 26 heavy (non-hydrogen) atoms. The lowest BCUT2D eigenvalue weighted by Crippen LogP contribution is -2.37. The quantitative estimate of drug-likeness (QED) is 0.687. The molecule has 2 aromatic carbocycles. The molecule has 5 heteroatoms. The number of ether oxygens (including phenoxy) is 1. The third-order valence-electron chi connectivity index (χ3n) is 4.77. The van der Waals surface area contributed by atoms with Crippen LogP contribution in [0.1, 0.15) is 24.5 Å². The van der Waals surface area contributed by atoms with Crippen molar-refractivity contribution in [1.29, 1.82) is 0 Å². The molecule has 0 aromatic heterocycles. The van der Waals surface area contributed by atoms with Gasteiger partial charge in [0.25, 0.3) is 0 Å². The minimum absolute atomic E-state index is 0.273. The van der Waals surface area contributed by atoms with E-state index in [2.05, 4.69) is 19.9 Å². The first-order chi connectivity index (χ1) is 12.5. The highest BCUT2D eigenvalue weighted by atomic mass is 32.2. The van der Waals surface area contributed by atoms with Crippen LogP contribution in [0.2, 0.25) is 0 Å². The van der Waals surface area contributed by atoms with Crippen LogP contribution in [0.5, 0.6) is 11.5 Å². The van der Waals surface area contributed by atoms with E-state index in [9.17, 15) is 5.11 Å². The van der Waals surface area contributed by atoms with Gasteiger partial charge in [0.15, 0.2) is 6.23 Å². The fourth-order valence-corrected chi connectivity index (χ4v) is 5.53. The summed E-state index contributed by atoms with van der Waals surface area (Å²) in [6, 6.07) is 12.1. The number of aryl methyl sites for hydroxylation is 2. The zero-order chi connectivity index (χ0) is 18.7. The number of fused-ring (bicyclic) bond motifs is 1. The second-order valence-corrected chi connectivity index (χ2v) is 9.22. The Bertz CT molecular complexity index is 766. The molecule has 0 bridgehead atoms. The standard InChI is InChI=1S/C21H27NO2S2/c1-13(11-25-18-9-5-6-14(2)19(18)23)10-16-12-26-20-15(3)7-4-8-17(20)24-21(16)22/h4-9,13,16,21,23H,10-12,22H2,1-3H3/t13-,16-,21?/m0/s1. The molecule has 0 saturated heterocycles. The highest BCUT2D eigenvalue weighted by Gasteiger charge is 2.27. The van der Waals surface area contributed by atoms with Crippen molar-refractivity contribution in [2.45, 2.75) is 43.2 Å². The number of hydrogen-bond acceptors (Lipinski definition) is 5. The van der Waals surface area contributed by atoms with Gasteiger partial charge in [-0.1, -0.05) is 31.2 Å². The largest absolute Gasteiger partial charge is 0.507 e. The lowest BCUT2D eigenvalue weighted by molar-refractivity contribution is 0.137. The Labute approximate surface area is 164 Å². The summed E-state index contributed by atoms with van der Waals surface area (Å²) < 4.78 is 6.06. The van der Waals surface area contributed by atoms with E-state index in [0.29, 0.717) is 17.6 Å². The fourth-order valence-electron chi connectivity index (χ4n) is 3.20. The predicted molar refractivity (Wildman–Crippen MR) is 111 cm³/mol. The van der Waals surface area contributed by atoms with Gasteiger partial charge >= 0.3 is 0 Å². The molecule has 1 aliphatic rings. The zero-order valence-electron chi connectivity index (χ0n) is 15.6. The second-order valence-electron chi connectivity index (χ2n) is 7.13. The number of rotatable bonds is 5. The Balaban J connectivity index is 1.58. The van der Waals surface area contributed by atoms with E-state index in [-0.39, 0.29) is 6.23 Å². The third-order valence-corrected chi connectivity index (χ3v) is 7.56. The van der Waals surface area contributed by atoms with Crippen molar-refractivity contribution >= 4 is 23.5 Å². The van der Waals surface area contributed by atoms with E-state index in [1.165, 1.54) is 10.5 Å². The first kappa shape index (κ1) is 19.5. The summed E-state index contributed by atoms with van der Waals surface area (Å²) in [6.45, 7) is 6.30. The molecule has 0 saturated carbocycles. The number of phenolic OH excluding ortho intramolecular Hbond substituents is 1. The van der Waals surface area contributed by atoms with Crippen molar-refractivity contribution < 1.29 is 9.84 Å². The molecule has 140 valence electrons. The highest BCUT2D eigenvalue weighted by Crippen LogP contribution is 2.40. The van der Waals surface area contributed by atoms with Crippen molar-refractivity contribution in [1.82, 2.24) is 0 Å². The topological polar surface area (TPSA) is 55.5 Å². The summed E-state index contributed by atoms with van der Waals surface area (Å²) in [4.78, 5) is 2.17. The number of nitrogens with two attached hydrogens (primary N) is 1. The fraction of sp³-hybridized carbons (Fsp3) is 0.429. The van der Waals surface area contributed by atoms with Crippen molar-refractivity contribution in [3.8, 4) is 11.5 Å². The molecule has 2 aromatic rings. The molecular formula is C21H27NO2S2. The average Bonchev–Trinajstić information content (AvgIpc) is 2.76. The first-order valence-electron chi connectivity index (χ1n) is 9.01. The van der Waals surface area contributed by atoms with Gasteiger partial charge in [-0.15, -0.1) is 23.5 Å². The summed E-state index contributed by atoms with van der Waals surface area (Å²) in [6.07, 6.45) is 0.742. The molecule has 3 atom stereocenters. The maximum absolute atomic E-state index is 10.2. The summed E-state index contributed by atoms with van der Waals surface area (Å²) in [5, 5.41) is 10.2. The Morgan fingerprint density at radius 2 is 1.96 bits per heavy atom.